The van der Waals surface area contributed by atoms with Crippen molar-refractivity contribution >= 4 is 11.3 Å². The second-order valence-corrected chi connectivity index (χ2v) is 3.63. The third-order valence-electron chi connectivity index (χ3n) is 2.52. The molecule has 0 fully saturated rings. The minimum atomic E-state index is 0.777. The average molecular weight is 228 g/mol. The van der Waals surface area contributed by atoms with Gasteiger partial charge in [0.25, 0.3) is 0 Å². The third-order valence-corrected chi connectivity index (χ3v) is 2.52. The van der Waals surface area contributed by atoms with E-state index in [1.54, 1.807) is 23.1 Å². The van der Waals surface area contributed by atoms with E-state index in [0.29, 0.717) is 0 Å². The number of nitrogens with one attached hydrogen (secondary N) is 1. The van der Waals surface area contributed by atoms with Gasteiger partial charge in [0.05, 0.1) is 12.7 Å². The first-order valence-electron chi connectivity index (χ1n) is 5.43. The Labute approximate surface area is 97.9 Å². The van der Waals surface area contributed by atoms with E-state index < -0.39 is 0 Å². The zero-order valence-corrected chi connectivity index (χ0v) is 9.19. The first-order chi connectivity index (χ1) is 8.43. The Hall–Kier alpha value is -2.37. The summed E-state index contributed by atoms with van der Waals surface area (Å²) in [5.74, 6) is 0.845. The van der Waals surface area contributed by atoms with Crippen LogP contribution in [0, 0.1) is 0 Å². The number of aromatic nitrogens is 5. The molecule has 3 aromatic heterocycles. The molecule has 3 heterocycles. The fraction of sp³-hybridized carbons (Fsp3) is 0.182. The van der Waals surface area contributed by atoms with E-state index in [1.165, 1.54) is 0 Å². The minimum absolute atomic E-state index is 0.777. The summed E-state index contributed by atoms with van der Waals surface area (Å²) in [6.45, 7) is 1.59. The number of hydrogen-bond acceptors (Lipinski definition) is 4. The van der Waals surface area contributed by atoms with Gasteiger partial charge in [-0.2, -0.15) is 10.2 Å². The van der Waals surface area contributed by atoms with Crippen molar-refractivity contribution in [2.24, 2.45) is 0 Å². The smallest absolute Gasteiger partial charge is 0.152 e. The van der Waals surface area contributed by atoms with Crippen molar-refractivity contribution in [1.82, 2.24) is 24.4 Å². The normalized spacial score (nSPS) is 10.8. The Kier molecular flexibility index (Phi) is 2.45. The van der Waals surface area contributed by atoms with Gasteiger partial charge in [-0.25, -0.2) is 9.50 Å². The fourth-order valence-corrected chi connectivity index (χ4v) is 1.72. The van der Waals surface area contributed by atoms with E-state index in [4.69, 9.17) is 0 Å². The Morgan fingerprint density at radius 1 is 1.12 bits per heavy atom. The molecule has 0 atom stereocenters. The van der Waals surface area contributed by atoms with E-state index >= 15 is 0 Å². The summed E-state index contributed by atoms with van der Waals surface area (Å²) in [6.07, 6.45) is 9.03. The second kappa shape index (κ2) is 4.25. The van der Waals surface area contributed by atoms with Crippen molar-refractivity contribution in [1.29, 1.82) is 0 Å². The van der Waals surface area contributed by atoms with Gasteiger partial charge in [-0.1, -0.05) is 0 Å². The molecule has 0 aromatic carbocycles. The topological polar surface area (TPSA) is 60.0 Å². The first kappa shape index (κ1) is 9.83. The fourth-order valence-electron chi connectivity index (χ4n) is 1.72. The molecule has 1 N–H and O–H groups in total. The van der Waals surface area contributed by atoms with Crippen LogP contribution in [-0.4, -0.2) is 30.9 Å². The summed E-state index contributed by atoms with van der Waals surface area (Å²) < 4.78 is 3.67. The molecule has 6 heteroatoms. The molecule has 0 saturated carbocycles. The van der Waals surface area contributed by atoms with E-state index in [9.17, 15) is 0 Å². The lowest BCUT2D eigenvalue weighted by Crippen LogP contribution is -2.12. The molecule has 0 aliphatic carbocycles. The Morgan fingerprint density at radius 2 is 2.12 bits per heavy atom. The van der Waals surface area contributed by atoms with Crippen molar-refractivity contribution in [3.63, 3.8) is 0 Å². The van der Waals surface area contributed by atoms with Crippen LogP contribution in [-0.2, 0) is 6.54 Å². The summed E-state index contributed by atoms with van der Waals surface area (Å²) >= 11 is 0. The molecule has 0 saturated heterocycles. The molecule has 3 aromatic rings. The average Bonchev–Trinajstić information content (AvgIpc) is 2.99. The van der Waals surface area contributed by atoms with Gasteiger partial charge in [-0.05, 0) is 12.1 Å². The predicted molar refractivity (Wildman–Crippen MR) is 63.7 cm³/mol. The van der Waals surface area contributed by atoms with Crippen molar-refractivity contribution < 1.29 is 0 Å². The van der Waals surface area contributed by atoms with E-state index in [0.717, 1.165) is 24.4 Å². The van der Waals surface area contributed by atoms with Crippen molar-refractivity contribution in [2.75, 3.05) is 11.9 Å². The molecule has 0 spiro atoms. The van der Waals surface area contributed by atoms with Crippen LogP contribution in [0.5, 0.6) is 0 Å². The summed E-state index contributed by atoms with van der Waals surface area (Å²) in [5.41, 5.74) is 0.980. The highest BCUT2D eigenvalue weighted by Crippen LogP contribution is 2.11. The SMILES string of the molecule is c1cnn(CCNc2nccn3nccc23)c1. The molecule has 6 nitrogen and oxygen atoms in total. The third kappa shape index (κ3) is 1.96. The van der Waals surface area contributed by atoms with Crippen molar-refractivity contribution in [2.45, 2.75) is 6.54 Å². The van der Waals surface area contributed by atoms with Crippen LogP contribution in [0.15, 0.2) is 43.1 Å². The van der Waals surface area contributed by atoms with E-state index in [2.05, 4.69) is 20.5 Å². The number of hydrogen-bond donors (Lipinski definition) is 1. The van der Waals surface area contributed by atoms with Crippen LogP contribution < -0.4 is 5.32 Å². The summed E-state index contributed by atoms with van der Waals surface area (Å²) in [4.78, 5) is 4.30. The zero-order chi connectivity index (χ0) is 11.5. The zero-order valence-electron chi connectivity index (χ0n) is 9.19. The van der Waals surface area contributed by atoms with E-state index in [-0.39, 0.29) is 0 Å². The molecule has 0 aliphatic heterocycles. The van der Waals surface area contributed by atoms with Gasteiger partial charge in [-0.3, -0.25) is 4.68 Å². The number of nitrogens with zero attached hydrogens (tertiary/aromatic N) is 5. The van der Waals surface area contributed by atoms with Gasteiger partial charge in [0, 0.05) is 31.3 Å². The summed E-state index contributed by atoms with van der Waals surface area (Å²) in [5, 5.41) is 11.6. The minimum Gasteiger partial charge on any atom is -0.366 e. The molecule has 86 valence electrons. The molecule has 17 heavy (non-hydrogen) atoms. The summed E-state index contributed by atoms with van der Waals surface area (Å²) in [6, 6.07) is 3.85. The van der Waals surface area contributed by atoms with Gasteiger partial charge in [0.1, 0.15) is 5.52 Å². The van der Waals surface area contributed by atoms with Crippen LogP contribution in [0.25, 0.3) is 5.52 Å². The highest BCUT2D eigenvalue weighted by molar-refractivity contribution is 5.66. The Balaban J connectivity index is 1.70. The molecular formula is C11H12N6. The summed E-state index contributed by atoms with van der Waals surface area (Å²) in [7, 11) is 0. The molecule has 0 unspecified atom stereocenters. The lowest BCUT2D eigenvalue weighted by Gasteiger charge is -2.06. The lowest BCUT2D eigenvalue weighted by atomic mass is 10.4. The monoisotopic (exact) mass is 228 g/mol. The Morgan fingerprint density at radius 3 is 3.00 bits per heavy atom. The predicted octanol–water partition coefficient (Wildman–Crippen LogP) is 1.04. The molecule has 0 radical (unpaired) electrons. The van der Waals surface area contributed by atoms with Crippen molar-refractivity contribution in [3.8, 4) is 0 Å². The maximum atomic E-state index is 4.30. The van der Waals surface area contributed by atoms with Crippen LogP contribution in [0.3, 0.4) is 0 Å². The highest BCUT2D eigenvalue weighted by atomic mass is 15.3. The maximum absolute atomic E-state index is 4.30. The highest BCUT2D eigenvalue weighted by Gasteiger charge is 2.01. The number of anilines is 1. The van der Waals surface area contributed by atoms with Gasteiger partial charge in [-0.15, -0.1) is 0 Å². The first-order valence-corrected chi connectivity index (χ1v) is 5.43. The molecule has 3 rings (SSSR count). The van der Waals surface area contributed by atoms with Gasteiger partial charge in [0.15, 0.2) is 5.82 Å². The van der Waals surface area contributed by atoms with Gasteiger partial charge >= 0.3 is 0 Å². The van der Waals surface area contributed by atoms with Crippen LogP contribution in [0.2, 0.25) is 0 Å². The van der Waals surface area contributed by atoms with Crippen LogP contribution >= 0.6 is 0 Å². The van der Waals surface area contributed by atoms with Crippen LogP contribution in [0.1, 0.15) is 0 Å². The lowest BCUT2D eigenvalue weighted by molar-refractivity contribution is 0.637. The quantitative estimate of drug-likeness (QED) is 0.724. The van der Waals surface area contributed by atoms with Gasteiger partial charge in [0.2, 0.25) is 0 Å². The maximum Gasteiger partial charge on any atom is 0.152 e. The molecule has 0 aliphatic rings. The molecule has 0 bridgehead atoms. The second-order valence-electron chi connectivity index (χ2n) is 3.63. The van der Waals surface area contributed by atoms with E-state index in [1.807, 2.05) is 29.2 Å². The molecule has 0 amide bonds. The van der Waals surface area contributed by atoms with Gasteiger partial charge < -0.3 is 5.32 Å². The van der Waals surface area contributed by atoms with Crippen molar-refractivity contribution in [3.05, 3.63) is 43.1 Å². The largest absolute Gasteiger partial charge is 0.366 e. The number of rotatable bonds is 4. The molecular weight excluding hydrogens is 216 g/mol. The standard InChI is InChI=1S/C11H12N6/c1-3-14-16(7-1)8-5-12-11-10-2-4-15-17(10)9-6-13-11/h1-4,6-7,9H,5,8H2,(H,12,13). The Bertz CT molecular complexity index is 597. The number of fused-ring (bicyclic) bond motifs is 1. The van der Waals surface area contributed by atoms with Crippen LogP contribution in [0.4, 0.5) is 5.82 Å².